The van der Waals surface area contributed by atoms with E-state index in [4.69, 9.17) is 0 Å². The van der Waals surface area contributed by atoms with Crippen molar-refractivity contribution in [2.75, 3.05) is 26.1 Å². The van der Waals surface area contributed by atoms with Crippen molar-refractivity contribution in [3.05, 3.63) is 41.1 Å². The molecule has 1 amide bonds. The number of amides is 1. The molecule has 7 heteroatoms. The lowest BCUT2D eigenvalue weighted by molar-refractivity contribution is -0.138. The molecule has 0 aliphatic carbocycles. The quantitative estimate of drug-likeness (QED) is 0.638. The summed E-state index contributed by atoms with van der Waals surface area (Å²) in [6.45, 7) is 4.63. The maximum Gasteiger partial charge on any atom is 0.354 e. The second-order valence-electron chi connectivity index (χ2n) is 6.02. The molecule has 0 radical (unpaired) electrons. The van der Waals surface area contributed by atoms with Crippen LogP contribution in [0.2, 0.25) is 0 Å². The number of carbonyl (C=O) groups excluding carboxylic acids is 3. The van der Waals surface area contributed by atoms with Crippen LogP contribution in [0.1, 0.15) is 29.8 Å². The van der Waals surface area contributed by atoms with Gasteiger partial charge in [-0.05, 0) is 17.7 Å². The fourth-order valence-corrected chi connectivity index (χ4v) is 2.48. The minimum absolute atomic E-state index is 0.0835. The van der Waals surface area contributed by atoms with Crippen LogP contribution in [0.25, 0.3) is 0 Å². The lowest BCUT2D eigenvalue weighted by atomic mass is 9.79. The van der Waals surface area contributed by atoms with Gasteiger partial charge in [0.1, 0.15) is 5.70 Å². The van der Waals surface area contributed by atoms with Crippen molar-refractivity contribution in [2.45, 2.75) is 19.3 Å². The van der Waals surface area contributed by atoms with Gasteiger partial charge in [-0.3, -0.25) is 4.79 Å². The highest BCUT2D eigenvalue weighted by molar-refractivity contribution is 6.00. The molecule has 1 aromatic carbocycles. The lowest BCUT2D eigenvalue weighted by Gasteiger charge is -2.32. The first-order chi connectivity index (χ1) is 11.3. The molecule has 0 bridgehead atoms. The summed E-state index contributed by atoms with van der Waals surface area (Å²) < 4.78 is 9.16. The third-order valence-electron chi connectivity index (χ3n) is 3.83. The molecule has 2 N–H and O–H groups in total. The molecule has 0 spiro atoms. The molecule has 128 valence electrons. The van der Waals surface area contributed by atoms with Crippen molar-refractivity contribution in [2.24, 2.45) is 0 Å². The molecule has 24 heavy (non-hydrogen) atoms. The normalized spacial score (nSPS) is 15.8. The van der Waals surface area contributed by atoms with E-state index in [1.807, 2.05) is 19.9 Å². The molecule has 1 heterocycles. The molecule has 0 atom stereocenters. The predicted octanol–water partition coefficient (Wildman–Crippen LogP) is 1.35. The van der Waals surface area contributed by atoms with Crippen LogP contribution in [0.15, 0.2) is 30.0 Å². The Bertz CT molecular complexity index is 722. The Morgan fingerprint density at radius 3 is 2.58 bits per heavy atom. The number of esters is 2. The lowest BCUT2D eigenvalue weighted by Crippen LogP contribution is -2.43. The highest BCUT2D eigenvalue weighted by Crippen LogP contribution is 2.31. The molecule has 0 saturated carbocycles. The van der Waals surface area contributed by atoms with Gasteiger partial charge < -0.3 is 20.1 Å². The van der Waals surface area contributed by atoms with Gasteiger partial charge >= 0.3 is 11.9 Å². The maximum atomic E-state index is 12.1. The Hall–Kier alpha value is -2.83. The van der Waals surface area contributed by atoms with Gasteiger partial charge in [0.25, 0.3) is 5.91 Å². The largest absolute Gasteiger partial charge is 0.466 e. The van der Waals surface area contributed by atoms with Gasteiger partial charge in [0, 0.05) is 23.2 Å². The van der Waals surface area contributed by atoms with E-state index in [-0.39, 0.29) is 17.0 Å². The van der Waals surface area contributed by atoms with E-state index in [1.165, 1.54) is 14.2 Å². The molecular formula is C17H20N2O5. The van der Waals surface area contributed by atoms with Gasteiger partial charge in [-0.2, -0.15) is 0 Å². The van der Waals surface area contributed by atoms with Crippen LogP contribution in [0.5, 0.6) is 0 Å². The van der Waals surface area contributed by atoms with Crippen LogP contribution < -0.4 is 10.6 Å². The van der Waals surface area contributed by atoms with Crippen molar-refractivity contribution in [3.8, 4) is 0 Å². The van der Waals surface area contributed by atoms with E-state index in [0.29, 0.717) is 17.8 Å². The summed E-state index contributed by atoms with van der Waals surface area (Å²) in [6, 6.07) is 5.22. The summed E-state index contributed by atoms with van der Waals surface area (Å²) >= 11 is 0. The molecule has 1 aliphatic rings. The number of anilines is 1. The predicted molar refractivity (Wildman–Crippen MR) is 87.5 cm³/mol. The average Bonchev–Trinajstić information content (AvgIpc) is 2.57. The van der Waals surface area contributed by atoms with E-state index in [1.54, 1.807) is 12.1 Å². The zero-order valence-electron chi connectivity index (χ0n) is 14.1. The Morgan fingerprint density at radius 1 is 1.25 bits per heavy atom. The number of rotatable bonds is 4. The topological polar surface area (TPSA) is 93.7 Å². The molecule has 0 aromatic heterocycles. The summed E-state index contributed by atoms with van der Waals surface area (Å²) in [5.41, 5.74) is 1.67. The smallest absolute Gasteiger partial charge is 0.354 e. The fourth-order valence-electron chi connectivity index (χ4n) is 2.48. The third-order valence-corrected chi connectivity index (χ3v) is 3.83. The minimum Gasteiger partial charge on any atom is -0.466 e. The number of hydrogen-bond donors (Lipinski definition) is 2. The van der Waals surface area contributed by atoms with Crippen molar-refractivity contribution in [1.29, 1.82) is 0 Å². The Labute approximate surface area is 140 Å². The maximum absolute atomic E-state index is 12.1. The number of methoxy groups -OCH3 is 2. The summed E-state index contributed by atoms with van der Waals surface area (Å²) in [7, 11) is 2.41. The summed E-state index contributed by atoms with van der Waals surface area (Å²) in [6.07, 6.45) is 0.995. The number of ether oxygens (including phenoxy) is 2. The molecule has 2 rings (SSSR count). The molecule has 0 unspecified atom stereocenters. The van der Waals surface area contributed by atoms with Crippen LogP contribution in [-0.4, -0.2) is 38.6 Å². The first kappa shape index (κ1) is 17.5. The number of nitrogens with one attached hydrogen (secondary N) is 2. The van der Waals surface area contributed by atoms with Crippen molar-refractivity contribution < 1.29 is 23.9 Å². The first-order valence-electron chi connectivity index (χ1n) is 7.36. The van der Waals surface area contributed by atoms with E-state index in [9.17, 15) is 14.4 Å². The van der Waals surface area contributed by atoms with Gasteiger partial charge in [-0.1, -0.05) is 19.9 Å². The summed E-state index contributed by atoms with van der Waals surface area (Å²) in [5.74, 6) is -1.59. The first-order valence-corrected chi connectivity index (χ1v) is 7.36. The molecule has 1 aliphatic heterocycles. The van der Waals surface area contributed by atoms with Crippen LogP contribution in [0.3, 0.4) is 0 Å². The second kappa shape index (κ2) is 6.74. The second-order valence-corrected chi connectivity index (χ2v) is 6.02. The standard InChI is InChI=1S/C17H20N2O5/c1-17(2)9-18-15(21)11-7-10(5-6-12(11)17)19-13(16(22)24-4)8-14(20)23-3/h5-8,19H,9H2,1-4H3,(H,18,21)/b13-8+. The van der Waals surface area contributed by atoms with Crippen molar-refractivity contribution in [1.82, 2.24) is 5.32 Å². The summed E-state index contributed by atoms with van der Waals surface area (Å²) in [4.78, 5) is 35.3. The monoisotopic (exact) mass is 332 g/mol. The van der Waals surface area contributed by atoms with Crippen LogP contribution in [-0.2, 0) is 24.5 Å². The van der Waals surface area contributed by atoms with Crippen LogP contribution in [0.4, 0.5) is 5.69 Å². The van der Waals surface area contributed by atoms with Gasteiger partial charge in [0.15, 0.2) is 0 Å². The molecular weight excluding hydrogens is 312 g/mol. The third kappa shape index (κ3) is 3.56. The van der Waals surface area contributed by atoms with E-state index >= 15 is 0 Å². The number of hydrogen-bond acceptors (Lipinski definition) is 6. The highest BCUT2D eigenvalue weighted by atomic mass is 16.5. The zero-order chi connectivity index (χ0) is 17.9. The number of benzene rings is 1. The molecule has 0 fully saturated rings. The van der Waals surface area contributed by atoms with Gasteiger partial charge in [-0.25, -0.2) is 9.59 Å². The number of fused-ring (bicyclic) bond motifs is 1. The fraction of sp³-hybridized carbons (Fsp3) is 0.353. The Balaban J connectivity index is 2.37. The Morgan fingerprint density at radius 2 is 1.96 bits per heavy atom. The van der Waals surface area contributed by atoms with Crippen molar-refractivity contribution >= 4 is 23.5 Å². The SMILES string of the molecule is COC(=O)/C=C(/Nc1ccc2c(c1)C(=O)NCC2(C)C)C(=O)OC. The molecule has 7 nitrogen and oxygen atoms in total. The van der Waals surface area contributed by atoms with Gasteiger partial charge in [-0.15, -0.1) is 0 Å². The van der Waals surface area contributed by atoms with E-state index in [0.717, 1.165) is 11.6 Å². The molecule has 0 saturated heterocycles. The zero-order valence-corrected chi connectivity index (χ0v) is 14.1. The number of carbonyl (C=O) groups is 3. The van der Waals surface area contributed by atoms with Crippen molar-refractivity contribution in [3.63, 3.8) is 0 Å². The van der Waals surface area contributed by atoms with E-state index < -0.39 is 11.9 Å². The van der Waals surface area contributed by atoms with Gasteiger partial charge in [0.05, 0.1) is 20.3 Å². The van der Waals surface area contributed by atoms with E-state index in [2.05, 4.69) is 20.1 Å². The summed E-state index contributed by atoms with van der Waals surface area (Å²) in [5, 5.41) is 5.64. The van der Waals surface area contributed by atoms with Crippen LogP contribution in [0, 0.1) is 0 Å². The van der Waals surface area contributed by atoms with Crippen LogP contribution >= 0.6 is 0 Å². The molecule has 1 aromatic rings. The Kier molecular flexibility index (Phi) is 4.92. The minimum atomic E-state index is -0.720. The highest BCUT2D eigenvalue weighted by Gasteiger charge is 2.31. The van der Waals surface area contributed by atoms with Gasteiger partial charge in [0.2, 0.25) is 0 Å². The average molecular weight is 332 g/mol.